The van der Waals surface area contributed by atoms with E-state index in [0.29, 0.717) is 15.7 Å². The lowest BCUT2D eigenvalue weighted by Crippen LogP contribution is -2.24. The number of hydrogen-bond acceptors (Lipinski definition) is 3. The molecule has 0 saturated carbocycles. The van der Waals surface area contributed by atoms with Crippen molar-refractivity contribution in [2.45, 2.75) is 36.5 Å². The van der Waals surface area contributed by atoms with Crippen LogP contribution >= 0.6 is 47.9 Å². The molecule has 0 N–H and O–H groups in total. The lowest BCUT2D eigenvalue weighted by Gasteiger charge is -2.40. The van der Waals surface area contributed by atoms with Crippen LogP contribution < -0.4 is 0 Å². The first-order valence-electron chi connectivity index (χ1n) is 5.01. The molecule has 3 unspecified atom stereocenters. The van der Waals surface area contributed by atoms with Gasteiger partial charge in [-0.25, -0.2) is 10.0 Å². The van der Waals surface area contributed by atoms with Gasteiger partial charge in [0.2, 0.25) is 0 Å². The molecule has 0 aromatic rings. The summed E-state index contributed by atoms with van der Waals surface area (Å²) < 4.78 is 0. The van der Waals surface area contributed by atoms with E-state index in [0.717, 1.165) is 0 Å². The molecule has 0 aliphatic heterocycles. The monoisotopic (exact) mass is 272 g/mol. The van der Waals surface area contributed by atoms with Crippen molar-refractivity contribution in [2.75, 3.05) is 23.5 Å². The summed E-state index contributed by atoms with van der Waals surface area (Å²) in [5.41, 5.74) is 0. The Hall–Kier alpha value is 1.40. The molecule has 0 rings (SSSR count). The second-order valence-electron chi connectivity index (χ2n) is 4.53. The van der Waals surface area contributed by atoms with E-state index in [9.17, 15) is 0 Å². The van der Waals surface area contributed by atoms with E-state index < -0.39 is 10.0 Å². The summed E-state index contributed by atoms with van der Waals surface area (Å²) in [5, 5.41) is 1.48. The molecule has 0 saturated heterocycles. The molecule has 0 aliphatic carbocycles. The fraction of sp³-hybridized carbons (Fsp3) is 1.00. The maximum atomic E-state index is 4.51. The van der Waals surface area contributed by atoms with Crippen LogP contribution in [0, 0.1) is 0 Å². The van der Waals surface area contributed by atoms with Gasteiger partial charge in [-0.15, -0.1) is 0 Å². The van der Waals surface area contributed by atoms with Crippen molar-refractivity contribution >= 4 is 47.9 Å². The minimum atomic E-state index is -0.566. The van der Waals surface area contributed by atoms with Gasteiger partial charge >= 0.3 is 0 Å². The van der Waals surface area contributed by atoms with Crippen LogP contribution in [0.3, 0.4) is 0 Å². The average Bonchev–Trinajstić information content (AvgIpc) is 1.76. The Kier molecular flexibility index (Phi) is 7.56. The highest BCUT2D eigenvalue weighted by molar-refractivity contribution is 8.33. The smallest absolute Gasteiger partial charge is 0.00645 e. The zero-order chi connectivity index (χ0) is 11.4. The van der Waals surface area contributed by atoms with Crippen LogP contribution in [-0.2, 0) is 0 Å². The van der Waals surface area contributed by atoms with Crippen molar-refractivity contribution < 1.29 is 0 Å². The van der Waals surface area contributed by atoms with Crippen LogP contribution in [0.2, 0.25) is 0 Å². The summed E-state index contributed by atoms with van der Waals surface area (Å²) in [5.74, 6) is 3.68. The van der Waals surface area contributed by atoms with Crippen LogP contribution in [0.1, 0.15) is 20.8 Å². The first-order chi connectivity index (χ1) is 6.25. The summed E-state index contributed by atoms with van der Waals surface area (Å²) in [6.07, 6.45) is 2.42. The van der Waals surface area contributed by atoms with Crippen LogP contribution in [-0.4, -0.2) is 39.3 Å². The molecule has 0 spiro atoms. The fourth-order valence-electron chi connectivity index (χ4n) is 1.95. The van der Waals surface area contributed by atoms with E-state index in [1.807, 2.05) is 0 Å². The molecule has 14 heavy (non-hydrogen) atoms. The van der Waals surface area contributed by atoms with Crippen molar-refractivity contribution in [2.24, 2.45) is 0 Å². The standard InChI is InChI=1S/C10H24S4/c1-8(11)5-14(4,6-9(2)12)7-10(3)13/h8-13H,5-7H2,1-4H3. The molecule has 0 amide bonds. The lowest BCUT2D eigenvalue weighted by molar-refractivity contribution is 1.05. The molecule has 0 heterocycles. The van der Waals surface area contributed by atoms with Crippen molar-refractivity contribution in [3.63, 3.8) is 0 Å². The zero-order valence-corrected chi connectivity index (χ0v) is 13.1. The molecule has 0 aromatic heterocycles. The highest BCUT2D eigenvalue weighted by Gasteiger charge is 2.23. The van der Waals surface area contributed by atoms with Crippen LogP contribution in [0.25, 0.3) is 0 Å². The van der Waals surface area contributed by atoms with E-state index in [1.165, 1.54) is 17.3 Å². The summed E-state index contributed by atoms with van der Waals surface area (Å²) in [7, 11) is -0.566. The number of rotatable bonds is 6. The van der Waals surface area contributed by atoms with Crippen molar-refractivity contribution in [1.29, 1.82) is 0 Å². The topological polar surface area (TPSA) is 0 Å². The van der Waals surface area contributed by atoms with Gasteiger partial charge in [0.1, 0.15) is 0 Å². The molecule has 0 nitrogen and oxygen atoms in total. The fourth-order valence-corrected chi connectivity index (χ4v) is 9.09. The van der Waals surface area contributed by atoms with Crippen LogP contribution in [0.5, 0.6) is 0 Å². The van der Waals surface area contributed by atoms with Gasteiger partial charge in [0.05, 0.1) is 0 Å². The summed E-state index contributed by atoms with van der Waals surface area (Å²) >= 11 is 13.5. The van der Waals surface area contributed by atoms with Crippen molar-refractivity contribution in [3.8, 4) is 0 Å². The number of hydrogen-bond donors (Lipinski definition) is 3. The third kappa shape index (κ3) is 7.66. The normalized spacial score (nSPS) is 24.8. The minimum Gasteiger partial charge on any atom is -0.241 e. The van der Waals surface area contributed by atoms with Gasteiger partial charge in [0.15, 0.2) is 0 Å². The molecule has 0 aliphatic rings. The zero-order valence-electron chi connectivity index (χ0n) is 9.60. The molecule has 88 valence electrons. The van der Waals surface area contributed by atoms with Crippen molar-refractivity contribution in [1.82, 2.24) is 0 Å². The molecule has 0 fully saturated rings. The van der Waals surface area contributed by atoms with Gasteiger partial charge in [0.25, 0.3) is 0 Å². The molecular formula is C10H24S4. The van der Waals surface area contributed by atoms with E-state index in [2.05, 4.69) is 64.9 Å². The molecule has 0 bridgehead atoms. The van der Waals surface area contributed by atoms with E-state index >= 15 is 0 Å². The Balaban J connectivity index is 4.32. The maximum Gasteiger partial charge on any atom is 0.00645 e. The average molecular weight is 273 g/mol. The molecular weight excluding hydrogens is 248 g/mol. The Labute approximate surface area is 108 Å². The predicted molar refractivity (Wildman–Crippen MR) is 83.5 cm³/mol. The van der Waals surface area contributed by atoms with E-state index in [-0.39, 0.29) is 0 Å². The van der Waals surface area contributed by atoms with Gasteiger partial charge in [-0.1, -0.05) is 20.8 Å². The predicted octanol–water partition coefficient (Wildman–Crippen LogP) is 3.38. The highest BCUT2D eigenvalue weighted by atomic mass is 32.3. The van der Waals surface area contributed by atoms with E-state index in [1.54, 1.807) is 0 Å². The summed E-state index contributed by atoms with van der Waals surface area (Å²) in [4.78, 5) is 0. The quantitative estimate of drug-likeness (QED) is 0.607. The first kappa shape index (κ1) is 15.4. The Morgan fingerprint density at radius 1 is 0.786 bits per heavy atom. The third-order valence-corrected chi connectivity index (χ3v) is 7.13. The van der Waals surface area contributed by atoms with Crippen LogP contribution in [0.15, 0.2) is 0 Å². The SMILES string of the molecule is CC(S)CS(C)(CC(C)S)CC(C)S. The molecule has 0 aromatic carbocycles. The maximum absolute atomic E-state index is 4.51. The van der Waals surface area contributed by atoms with Crippen LogP contribution in [0.4, 0.5) is 0 Å². The molecule has 0 radical (unpaired) electrons. The van der Waals surface area contributed by atoms with Gasteiger partial charge in [-0.2, -0.15) is 37.9 Å². The number of thiol groups is 3. The lowest BCUT2D eigenvalue weighted by atomic mass is 10.5. The van der Waals surface area contributed by atoms with Crippen molar-refractivity contribution in [3.05, 3.63) is 0 Å². The first-order valence-corrected chi connectivity index (χ1v) is 9.10. The molecule has 4 heteroatoms. The van der Waals surface area contributed by atoms with E-state index in [4.69, 9.17) is 0 Å². The highest BCUT2D eigenvalue weighted by Crippen LogP contribution is 2.47. The van der Waals surface area contributed by atoms with Gasteiger partial charge in [-0.3, -0.25) is 0 Å². The van der Waals surface area contributed by atoms with Gasteiger partial charge in [0, 0.05) is 15.7 Å². The summed E-state index contributed by atoms with van der Waals surface area (Å²) in [6.45, 7) is 6.54. The largest absolute Gasteiger partial charge is 0.241 e. The summed E-state index contributed by atoms with van der Waals surface area (Å²) in [6, 6.07) is 0. The Bertz CT molecular complexity index is 128. The second-order valence-corrected chi connectivity index (χ2v) is 11.1. The Morgan fingerprint density at radius 3 is 1.14 bits per heavy atom. The van der Waals surface area contributed by atoms with Gasteiger partial charge in [-0.05, 0) is 23.5 Å². The molecule has 3 atom stereocenters. The Morgan fingerprint density at radius 2 is 1.00 bits per heavy atom. The minimum absolute atomic E-state index is 0.495. The second kappa shape index (κ2) is 6.87. The van der Waals surface area contributed by atoms with Gasteiger partial charge < -0.3 is 0 Å². The third-order valence-electron chi connectivity index (χ3n) is 1.93.